The lowest BCUT2D eigenvalue weighted by Gasteiger charge is -2.31. The molecule has 7 heteroatoms. The molecule has 1 fully saturated rings. The third kappa shape index (κ3) is 5.97. The van der Waals surface area contributed by atoms with E-state index in [4.69, 9.17) is 4.42 Å². The van der Waals surface area contributed by atoms with E-state index in [1.54, 1.807) is 0 Å². The number of carboxylic acid groups (broad SMARTS) is 1. The summed E-state index contributed by atoms with van der Waals surface area (Å²) >= 11 is 0. The Kier molecular flexibility index (Phi) is 7.00. The van der Waals surface area contributed by atoms with Crippen LogP contribution in [-0.2, 0) is 4.79 Å². The first-order chi connectivity index (χ1) is 14.2. The average Bonchev–Trinajstić information content (AvgIpc) is 3.39. The van der Waals surface area contributed by atoms with Crippen LogP contribution in [0.3, 0.4) is 0 Å². The van der Waals surface area contributed by atoms with Gasteiger partial charge < -0.3 is 19.7 Å². The zero-order chi connectivity index (χ0) is 21.8. The third-order valence-electron chi connectivity index (χ3n) is 5.19. The number of anilines is 3. The smallest absolute Gasteiger partial charge is 0.320 e. The lowest BCUT2D eigenvalue weighted by Crippen LogP contribution is -2.31. The fourth-order valence-corrected chi connectivity index (χ4v) is 3.66. The first kappa shape index (κ1) is 22.1. The predicted octanol–water partition coefficient (Wildman–Crippen LogP) is 5.39. The van der Waals surface area contributed by atoms with E-state index < -0.39 is 5.97 Å². The number of hydrogen-bond donors (Lipinski definition) is 2. The molecule has 30 heavy (non-hydrogen) atoms. The third-order valence-corrected chi connectivity index (χ3v) is 5.19. The second-order valence-electron chi connectivity index (χ2n) is 9.31. The quantitative estimate of drug-likeness (QED) is 0.509. The maximum Gasteiger partial charge on any atom is 0.320 e. The summed E-state index contributed by atoms with van der Waals surface area (Å²) in [7, 11) is 0. The van der Waals surface area contributed by atoms with Crippen molar-refractivity contribution in [3.8, 4) is 0 Å². The van der Waals surface area contributed by atoms with E-state index >= 15 is 0 Å². The van der Waals surface area contributed by atoms with E-state index in [0.717, 1.165) is 42.9 Å². The maximum atomic E-state index is 11.2. The highest BCUT2D eigenvalue weighted by Gasteiger charge is 2.29. The Balaban J connectivity index is 1.94. The summed E-state index contributed by atoms with van der Waals surface area (Å²) < 4.78 is 5.83. The topological polar surface area (TPSA) is 91.5 Å². The Labute approximate surface area is 178 Å². The fourth-order valence-electron chi connectivity index (χ4n) is 3.66. The van der Waals surface area contributed by atoms with Crippen molar-refractivity contribution in [1.29, 1.82) is 0 Å². The molecule has 0 aliphatic heterocycles. The van der Waals surface area contributed by atoms with Gasteiger partial charge in [0.25, 0.3) is 0 Å². The van der Waals surface area contributed by atoms with Gasteiger partial charge >= 0.3 is 12.0 Å². The van der Waals surface area contributed by atoms with Crippen LogP contribution in [0.15, 0.2) is 22.6 Å². The van der Waals surface area contributed by atoms with E-state index in [1.165, 1.54) is 0 Å². The summed E-state index contributed by atoms with van der Waals surface area (Å²) in [4.78, 5) is 13.6. The molecule has 3 rings (SSSR count). The zero-order valence-electron chi connectivity index (χ0n) is 18.7. The molecule has 1 aromatic heterocycles. The number of aromatic nitrogens is 2. The van der Waals surface area contributed by atoms with Crippen LogP contribution < -0.4 is 10.2 Å². The van der Waals surface area contributed by atoms with Crippen molar-refractivity contribution in [2.45, 2.75) is 65.7 Å². The van der Waals surface area contributed by atoms with Crippen LogP contribution >= 0.6 is 0 Å². The monoisotopic (exact) mass is 414 g/mol. The van der Waals surface area contributed by atoms with Crippen molar-refractivity contribution in [2.24, 2.45) is 11.8 Å². The van der Waals surface area contributed by atoms with Gasteiger partial charge in [-0.05, 0) is 48.3 Å². The minimum atomic E-state index is -0.798. The van der Waals surface area contributed by atoms with Gasteiger partial charge in [-0.1, -0.05) is 45.8 Å². The largest absolute Gasteiger partial charge is 0.481 e. The number of rotatable bonds is 11. The lowest BCUT2D eigenvalue weighted by molar-refractivity contribution is -0.137. The predicted molar refractivity (Wildman–Crippen MR) is 119 cm³/mol. The highest BCUT2D eigenvalue weighted by Crippen LogP contribution is 2.40. The van der Waals surface area contributed by atoms with Gasteiger partial charge in [0.1, 0.15) is 0 Å². The Hall–Kier alpha value is -2.57. The second-order valence-corrected chi connectivity index (χ2v) is 9.31. The Morgan fingerprint density at radius 1 is 1.17 bits per heavy atom. The molecule has 0 saturated heterocycles. The number of benzene rings is 1. The highest BCUT2D eigenvalue weighted by molar-refractivity contribution is 5.75. The average molecular weight is 415 g/mol. The first-order valence-electron chi connectivity index (χ1n) is 10.9. The van der Waals surface area contributed by atoms with Crippen LogP contribution in [0, 0.1) is 11.8 Å². The minimum absolute atomic E-state index is 0.0902. The van der Waals surface area contributed by atoms with Crippen LogP contribution in [-0.4, -0.2) is 34.4 Å². The number of nitrogens with zero attached hydrogens (tertiary/aromatic N) is 3. The molecule has 0 radical (unpaired) electrons. The van der Waals surface area contributed by atoms with Crippen molar-refractivity contribution in [3.63, 3.8) is 0 Å². The zero-order valence-corrected chi connectivity index (χ0v) is 18.7. The summed E-state index contributed by atoms with van der Waals surface area (Å²) in [6.45, 7) is 12.6. The SMILES string of the molecule is CC(C)CN(CC(C)C)c1ccc(C(C)CC(=O)O)cc1Nc1nnc(C2CC2)o1. The van der Waals surface area contributed by atoms with Crippen LogP contribution in [0.1, 0.15) is 77.2 Å². The molecular weight excluding hydrogens is 380 g/mol. The van der Waals surface area contributed by atoms with E-state index in [-0.39, 0.29) is 12.3 Å². The number of nitrogens with one attached hydrogen (secondary N) is 1. The first-order valence-corrected chi connectivity index (χ1v) is 10.9. The molecular formula is C23H34N4O3. The molecule has 1 aromatic carbocycles. The molecule has 0 bridgehead atoms. The summed E-state index contributed by atoms with van der Waals surface area (Å²) in [5.74, 6) is 1.21. The molecule has 0 amide bonds. The number of carboxylic acids is 1. The molecule has 164 valence electrons. The van der Waals surface area contributed by atoms with E-state index in [1.807, 2.05) is 19.1 Å². The van der Waals surface area contributed by atoms with Gasteiger partial charge in [0.2, 0.25) is 5.89 Å². The number of carbonyl (C=O) groups is 1. The van der Waals surface area contributed by atoms with E-state index in [0.29, 0.717) is 29.7 Å². The van der Waals surface area contributed by atoms with Crippen LogP contribution in [0.25, 0.3) is 0 Å². The molecule has 1 saturated carbocycles. The Morgan fingerprint density at radius 2 is 1.83 bits per heavy atom. The summed E-state index contributed by atoms with van der Waals surface area (Å²) in [5.41, 5.74) is 2.91. The normalized spacial score (nSPS) is 14.9. The van der Waals surface area contributed by atoms with Crippen LogP contribution in [0.5, 0.6) is 0 Å². The highest BCUT2D eigenvalue weighted by atomic mass is 16.4. The molecule has 1 atom stereocenters. The summed E-state index contributed by atoms with van der Waals surface area (Å²) in [5, 5.41) is 20.9. The molecule has 1 heterocycles. The number of hydrogen-bond acceptors (Lipinski definition) is 6. The molecule has 0 spiro atoms. The van der Waals surface area contributed by atoms with Crippen LogP contribution in [0.2, 0.25) is 0 Å². The fraction of sp³-hybridized carbons (Fsp3) is 0.609. The molecule has 7 nitrogen and oxygen atoms in total. The molecule has 2 N–H and O–H groups in total. The van der Waals surface area contributed by atoms with Gasteiger partial charge in [-0.3, -0.25) is 4.79 Å². The summed E-state index contributed by atoms with van der Waals surface area (Å²) in [6, 6.07) is 6.53. The van der Waals surface area contributed by atoms with Gasteiger partial charge in [-0.2, -0.15) is 0 Å². The lowest BCUT2D eigenvalue weighted by atomic mass is 9.96. The van der Waals surface area contributed by atoms with Gasteiger partial charge in [-0.15, -0.1) is 5.10 Å². The second kappa shape index (κ2) is 9.49. The molecule has 2 aromatic rings. The van der Waals surface area contributed by atoms with Gasteiger partial charge in [0.05, 0.1) is 17.8 Å². The van der Waals surface area contributed by atoms with Crippen molar-refractivity contribution in [3.05, 3.63) is 29.7 Å². The standard InChI is InChI=1S/C23H34N4O3/c1-14(2)12-27(13-15(3)4)20-9-8-18(16(5)10-21(28)29)11-19(20)24-23-26-25-22(30-23)17-6-7-17/h8-9,11,14-17H,6-7,10,12-13H2,1-5H3,(H,24,26)(H,28,29). The van der Waals surface area contributed by atoms with Crippen LogP contribution in [0.4, 0.5) is 17.4 Å². The molecule has 1 unspecified atom stereocenters. The maximum absolute atomic E-state index is 11.2. The molecule has 1 aliphatic carbocycles. The van der Waals surface area contributed by atoms with Gasteiger partial charge in [-0.25, -0.2) is 0 Å². The van der Waals surface area contributed by atoms with Crippen molar-refractivity contribution >= 4 is 23.4 Å². The van der Waals surface area contributed by atoms with Gasteiger partial charge in [0, 0.05) is 19.0 Å². The molecule has 1 aliphatic rings. The van der Waals surface area contributed by atoms with Crippen molar-refractivity contribution < 1.29 is 14.3 Å². The minimum Gasteiger partial charge on any atom is -0.481 e. The Morgan fingerprint density at radius 3 is 2.40 bits per heavy atom. The van der Waals surface area contributed by atoms with E-state index in [2.05, 4.69) is 54.2 Å². The Bertz CT molecular complexity index is 848. The summed E-state index contributed by atoms with van der Waals surface area (Å²) in [6.07, 6.45) is 2.30. The van der Waals surface area contributed by atoms with Crippen molar-refractivity contribution in [1.82, 2.24) is 10.2 Å². The van der Waals surface area contributed by atoms with Crippen molar-refractivity contribution in [2.75, 3.05) is 23.3 Å². The number of aliphatic carboxylic acids is 1. The van der Waals surface area contributed by atoms with E-state index in [9.17, 15) is 9.90 Å². The van der Waals surface area contributed by atoms with Gasteiger partial charge in [0.15, 0.2) is 0 Å².